The van der Waals surface area contributed by atoms with Gasteiger partial charge in [0.15, 0.2) is 0 Å². The van der Waals surface area contributed by atoms with Crippen molar-refractivity contribution in [3.63, 3.8) is 0 Å². The Hall–Kier alpha value is -7.48. The van der Waals surface area contributed by atoms with Crippen LogP contribution in [-0.4, -0.2) is 111 Å². The third-order valence-corrected chi connectivity index (χ3v) is 19.9. The molecule has 16 nitrogen and oxygen atoms in total. The van der Waals surface area contributed by atoms with E-state index < -0.39 is 0 Å². The van der Waals surface area contributed by atoms with Gasteiger partial charge in [0.1, 0.15) is 33.5 Å². The molecule has 424 valence electrons. The zero-order valence-electron chi connectivity index (χ0n) is 46.8. The third-order valence-electron chi connectivity index (χ3n) is 17.7. The first-order valence-corrected chi connectivity index (χ1v) is 30.1. The fourth-order valence-corrected chi connectivity index (χ4v) is 14.6. The van der Waals surface area contributed by atoms with Gasteiger partial charge in [0.05, 0.1) is 46.0 Å². The number of rotatable bonds is 7. The zero-order valence-corrected chi connectivity index (χ0v) is 48.5. The normalized spacial score (nSPS) is 17.7. The quantitative estimate of drug-likeness (QED) is 0.136. The SMILES string of the molecule is Cc1ccc2nc(C(=O)N3CCC4(CC3)COc3ccc(CN)cc34)cn2c1.Cc1nc(C)c(C(=O)N2CCC3(CC2)COc2ccc(CN)cc23)s1.NCc1ccc2c(c1)C1(CCN(C(=O)c3ccc(-c4ccccn4)s3)CC1)CO2. The summed E-state index contributed by atoms with van der Waals surface area (Å²) in [5.74, 6) is 3.15. The van der Waals surface area contributed by atoms with Gasteiger partial charge in [-0.15, -0.1) is 22.7 Å². The number of thiophene rings is 1. The number of nitrogens with zero attached hydrogens (tertiary/aromatic N) is 7. The summed E-state index contributed by atoms with van der Waals surface area (Å²) in [5.41, 5.74) is 28.9. The Morgan fingerprint density at radius 1 is 0.549 bits per heavy atom. The van der Waals surface area contributed by atoms with Gasteiger partial charge in [-0.1, -0.05) is 48.5 Å². The molecule has 0 radical (unpaired) electrons. The van der Waals surface area contributed by atoms with Crippen molar-refractivity contribution >= 4 is 46.0 Å². The Morgan fingerprint density at radius 2 is 1.05 bits per heavy atom. The van der Waals surface area contributed by atoms with Crippen LogP contribution in [0.5, 0.6) is 17.2 Å². The van der Waals surface area contributed by atoms with Crippen molar-refractivity contribution in [2.75, 3.05) is 59.1 Å². The van der Waals surface area contributed by atoms with Crippen LogP contribution in [-0.2, 0) is 35.9 Å². The lowest BCUT2D eigenvalue weighted by molar-refractivity contribution is 0.0637. The Balaban J connectivity index is 0.000000122. The van der Waals surface area contributed by atoms with Crippen LogP contribution < -0.4 is 31.4 Å². The van der Waals surface area contributed by atoms with E-state index in [-0.39, 0.29) is 34.0 Å². The molecular weight excluding hydrogens is 1070 g/mol. The lowest BCUT2D eigenvalue weighted by atomic mass is 9.74. The van der Waals surface area contributed by atoms with E-state index in [4.69, 9.17) is 31.4 Å². The molecule has 0 unspecified atom stereocenters. The summed E-state index contributed by atoms with van der Waals surface area (Å²) in [4.78, 5) is 60.6. The summed E-state index contributed by atoms with van der Waals surface area (Å²) in [6.07, 6.45) is 11.1. The minimum atomic E-state index is -0.00663. The van der Waals surface area contributed by atoms with Gasteiger partial charge in [-0.3, -0.25) is 19.4 Å². The summed E-state index contributed by atoms with van der Waals surface area (Å²) < 4.78 is 19.8. The molecule has 3 amide bonds. The number of likely N-dealkylation sites (tertiary alicyclic amines) is 3. The maximum atomic E-state index is 13.1. The molecule has 0 bridgehead atoms. The number of aryl methyl sites for hydroxylation is 3. The minimum Gasteiger partial charge on any atom is -0.492 e. The van der Waals surface area contributed by atoms with Gasteiger partial charge >= 0.3 is 0 Å². The Labute approximate surface area is 486 Å². The van der Waals surface area contributed by atoms with Crippen LogP contribution in [0.4, 0.5) is 0 Å². The lowest BCUT2D eigenvalue weighted by Gasteiger charge is -2.38. The second-order valence-corrected chi connectivity index (χ2v) is 25.1. The maximum absolute atomic E-state index is 13.1. The van der Waals surface area contributed by atoms with E-state index in [1.54, 1.807) is 6.20 Å². The van der Waals surface area contributed by atoms with Gasteiger partial charge in [0.25, 0.3) is 17.7 Å². The molecule has 3 fully saturated rings. The Morgan fingerprint density at radius 3 is 1.51 bits per heavy atom. The zero-order chi connectivity index (χ0) is 56.8. The van der Waals surface area contributed by atoms with Crippen LogP contribution in [0.2, 0.25) is 0 Å². The minimum absolute atomic E-state index is 0.00560. The van der Waals surface area contributed by atoms with E-state index in [1.807, 2.05) is 131 Å². The summed E-state index contributed by atoms with van der Waals surface area (Å²) >= 11 is 3.01. The Bertz CT molecular complexity index is 3680. The van der Waals surface area contributed by atoms with Crippen LogP contribution in [0.15, 0.2) is 116 Å². The number of piperidine rings is 3. The molecule has 6 aliphatic heterocycles. The van der Waals surface area contributed by atoms with Crippen LogP contribution in [0.25, 0.3) is 16.2 Å². The molecule has 6 N–H and O–H groups in total. The lowest BCUT2D eigenvalue weighted by Crippen LogP contribution is -2.46. The second-order valence-electron chi connectivity index (χ2n) is 22.8. The van der Waals surface area contributed by atoms with Crippen LogP contribution >= 0.6 is 22.7 Å². The van der Waals surface area contributed by atoms with Crippen molar-refractivity contribution in [3.8, 4) is 27.8 Å². The molecule has 18 heteroatoms. The number of hydrogen-bond acceptors (Lipinski definition) is 14. The average Bonchev–Trinajstić information content (AvgIpc) is 4.40. The molecule has 8 aromatic rings. The predicted molar refractivity (Wildman–Crippen MR) is 319 cm³/mol. The average molecular weight is 1140 g/mol. The topological polar surface area (TPSA) is 210 Å². The molecular formula is C64H70N10O6S2. The summed E-state index contributed by atoms with van der Waals surface area (Å²) in [6.45, 7) is 14.0. The molecule has 3 aromatic carbocycles. The number of carbonyl (C=O) groups excluding carboxylic acids is 3. The third kappa shape index (κ3) is 10.5. The number of carbonyl (C=O) groups is 3. The fraction of sp³-hybridized carbons (Fsp3) is 0.375. The maximum Gasteiger partial charge on any atom is 0.274 e. The molecule has 82 heavy (non-hydrogen) atoms. The number of nitrogens with two attached hydrogens (primary N) is 3. The van der Waals surface area contributed by atoms with Crippen molar-refractivity contribution < 1.29 is 28.6 Å². The first-order chi connectivity index (χ1) is 39.8. The molecule has 6 aliphatic rings. The molecule has 5 aromatic heterocycles. The van der Waals surface area contributed by atoms with Gasteiger partial charge < -0.3 is 50.5 Å². The number of imidazole rings is 1. The summed E-state index contributed by atoms with van der Waals surface area (Å²) in [5, 5.41) is 0.946. The monoisotopic (exact) mass is 1140 g/mol. The van der Waals surface area contributed by atoms with E-state index >= 15 is 0 Å². The number of aromatic nitrogens is 4. The Kier molecular flexibility index (Phi) is 15.2. The number of amides is 3. The van der Waals surface area contributed by atoms with Crippen molar-refractivity contribution in [2.24, 2.45) is 17.2 Å². The largest absolute Gasteiger partial charge is 0.492 e. The molecule has 11 heterocycles. The molecule has 0 atom stereocenters. The van der Waals surface area contributed by atoms with E-state index in [1.165, 1.54) is 39.4 Å². The first kappa shape index (κ1) is 55.1. The van der Waals surface area contributed by atoms with Crippen molar-refractivity contribution in [1.82, 2.24) is 34.1 Å². The van der Waals surface area contributed by atoms with Gasteiger partial charge in [-0.2, -0.15) is 0 Å². The molecule has 0 aliphatic carbocycles. The fourth-order valence-electron chi connectivity index (χ4n) is 12.8. The molecule has 0 saturated carbocycles. The second kappa shape index (κ2) is 22.7. The van der Waals surface area contributed by atoms with Crippen LogP contribution in [0.3, 0.4) is 0 Å². The summed E-state index contributed by atoms with van der Waals surface area (Å²) in [7, 11) is 0. The highest BCUT2D eigenvalue weighted by molar-refractivity contribution is 7.17. The van der Waals surface area contributed by atoms with Crippen molar-refractivity contribution in [1.29, 1.82) is 0 Å². The number of thiazole rings is 1. The molecule has 3 saturated heterocycles. The highest BCUT2D eigenvalue weighted by Crippen LogP contribution is 2.49. The molecule has 3 spiro atoms. The smallest absolute Gasteiger partial charge is 0.274 e. The van der Waals surface area contributed by atoms with Crippen molar-refractivity contribution in [3.05, 3.63) is 181 Å². The van der Waals surface area contributed by atoms with E-state index in [2.05, 4.69) is 33.2 Å². The van der Waals surface area contributed by atoms with E-state index in [0.29, 0.717) is 58.2 Å². The van der Waals surface area contributed by atoms with Gasteiger partial charge in [-0.25, -0.2) is 9.97 Å². The number of fused-ring (bicyclic) bond motifs is 7. The van der Waals surface area contributed by atoms with Gasteiger partial charge in [0.2, 0.25) is 0 Å². The van der Waals surface area contributed by atoms with Crippen LogP contribution in [0, 0.1) is 20.8 Å². The standard InChI is InChI=1S/C23H23N3O2S.C22H24N4O2.C19H23N3O2S/c24-14-16-4-5-19-17(13-16)23(15-28-19)8-11-26(12-9-23)22(27)21-7-6-20(29-21)18-3-1-2-10-25-18;1-15-2-5-20-24-18(13-26(20)12-15)21(27)25-8-6-22(7-9-25)14-28-19-4-3-16(11-23)10-17(19)22;1-12-17(25-13(2)21-12)18(23)22-7-5-19(6-8-22)11-24-16-4-3-14(10-20)9-15(16)19/h1-7,10,13H,8-9,11-12,14-15,24H2;2-5,10,12-13H,6-9,11,14,23H2,1H3;3-4,9H,5-8,10-11,20H2,1-2H3. The first-order valence-electron chi connectivity index (χ1n) is 28.5. The highest BCUT2D eigenvalue weighted by atomic mass is 32.1. The highest BCUT2D eigenvalue weighted by Gasteiger charge is 2.47. The number of ether oxygens (including phenoxy) is 3. The summed E-state index contributed by atoms with van der Waals surface area (Å²) in [6, 6.07) is 32.5. The number of hydrogen-bond donors (Lipinski definition) is 3. The van der Waals surface area contributed by atoms with Crippen molar-refractivity contribution in [2.45, 2.75) is 95.2 Å². The number of benzene rings is 3. The number of pyridine rings is 2. The van der Waals surface area contributed by atoms with E-state index in [0.717, 1.165) is 141 Å². The van der Waals surface area contributed by atoms with Gasteiger partial charge in [-0.05, 0) is 130 Å². The van der Waals surface area contributed by atoms with E-state index in [9.17, 15) is 14.4 Å². The molecule has 14 rings (SSSR count). The van der Waals surface area contributed by atoms with Crippen LogP contribution in [0.1, 0.15) is 118 Å². The van der Waals surface area contributed by atoms with Gasteiger partial charge in [0, 0.05) is 110 Å². The predicted octanol–water partition coefficient (Wildman–Crippen LogP) is 9.29.